The van der Waals surface area contributed by atoms with Crippen LogP contribution in [0.15, 0.2) is 30.3 Å². The molecule has 1 aliphatic rings. The highest BCUT2D eigenvalue weighted by Gasteiger charge is 2.33. The maximum absolute atomic E-state index is 12.7. The molecular formula is C18H14ClN2O5-. The number of nitrogens with zero attached hydrogens (tertiary/aromatic N) is 1. The molecule has 2 aromatic carbocycles. The van der Waals surface area contributed by atoms with Gasteiger partial charge < -0.3 is 15.2 Å². The molecule has 1 aliphatic heterocycles. The lowest BCUT2D eigenvalue weighted by atomic mass is 9.94. The summed E-state index contributed by atoms with van der Waals surface area (Å²) in [7, 11) is 0. The average Bonchev–Trinajstić information content (AvgIpc) is 2.60. The van der Waals surface area contributed by atoms with E-state index in [1.165, 1.54) is 0 Å². The van der Waals surface area contributed by atoms with E-state index in [4.69, 9.17) is 11.6 Å². The van der Waals surface area contributed by atoms with Gasteiger partial charge in [-0.3, -0.25) is 19.3 Å². The zero-order chi connectivity index (χ0) is 18.8. The first-order valence-electron chi connectivity index (χ1n) is 7.94. The summed E-state index contributed by atoms with van der Waals surface area (Å²) >= 11 is 6.15. The molecule has 134 valence electrons. The van der Waals surface area contributed by atoms with Crippen molar-refractivity contribution in [3.05, 3.63) is 46.5 Å². The van der Waals surface area contributed by atoms with E-state index in [2.05, 4.69) is 5.32 Å². The van der Waals surface area contributed by atoms with Gasteiger partial charge in [-0.2, -0.15) is 0 Å². The van der Waals surface area contributed by atoms with Crippen molar-refractivity contribution in [1.29, 1.82) is 0 Å². The summed E-state index contributed by atoms with van der Waals surface area (Å²) in [6.45, 7) is -0.170. The number of imide groups is 1. The molecule has 0 radical (unpaired) electrons. The maximum atomic E-state index is 12.7. The number of carbonyl (C=O) groups excluding carboxylic acids is 4. The summed E-state index contributed by atoms with van der Waals surface area (Å²) < 4.78 is 0. The highest BCUT2D eigenvalue weighted by molar-refractivity contribution is 6.38. The highest BCUT2D eigenvalue weighted by atomic mass is 35.5. The van der Waals surface area contributed by atoms with Crippen LogP contribution in [0, 0.1) is 0 Å². The third-order valence-corrected chi connectivity index (χ3v) is 4.48. The quantitative estimate of drug-likeness (QED) is 0.751. The molecule has 3 amide bonds. The molecule has 1 heterocycles. The molecule has 0 saturated heterocycles. The van der Waals surface area contributed by atoms with Crippen LogP contribution >= 0.6 is 11.6 Å². The first kappa shape index (κ1) is 17.9. The van der Waals surface area contributed by atoms with Crippen molar-refractivity contribution >= 4 is 46.1 Å². The molecule has 8 heteroatoms. The Balaban J connectivity index is 1.78. The Morgan fingerprint density at radius 1 is 1.04 bits per heavy atom. The summed E-state index contributed by atoms with van der Waals surface area (Å²) in [5.74, 6) is -2.70. The second-order valence-corrected chi connectivity index (χ2v) is 6.21. The fraction of sp³-hybridized carbons (Fsp3) is 0.222. The van der Waals surface area contributed by atoms with Crippen LogP contribution in [0.2, 0.25) is 5.02 Å². The van der Waals surface area contributed by atoms with Gasteiger partial charge in [0.05, 0.1) is 0 Å². The van der Waals surface area contributed by atoms with Gasteiger partial charge in [0.25, 0.3) is 11.8 Å². The maximum Gasteiger partial charge on any atom is 0.261 e. The highest BCUT2D eigenvalue weighted by Crippen LogP contribution is 2.34. The van der Waals surface area contributed by atoms with E-state index in [0.717, 1.165) is 4.90 Å². The molecule has 0 atom stereocenters. The van der Waals surface area contributed by atoms with Crippen LogP contribution in [0.3, 0.4) is 0 Å². The van der Waals surface area contributed by atoms with E-state index in [9.17, 15) is 24.3 Å². The van der Waals surface area contributed by atoms with Crippen molar-refractivity contribution in [1.82, 2.24) is 10.2 Å². The van der Waals surface area contributed by atoms with E-state index in [1.54, 1.807) is 30.3 Å². The summed E-state index contributed by atoms with van der Waals surface area (Å²) in [6, 6.07) is 8.21. The third-order valence-electron chi connectivity index (χ3n) is 4.15. The van der Waals surface area contributed by atoms with Crippen molar-refractivity contribution in [3.8, 4) is 0 Å². The van der Waals surface area contributed by atoms with Gasteiger partial charge in [0, 0.05) is 58.8 Å². The van der Waals surface area contributed by atoms with E-state index in [0.29, 0.717) is 26.9 Å². The van der Waals surface area contributed by atoms with Gasteiger partial charge in [0.2, 0.25) is 5.91 Å². The number of aliphatic carboxylic acids is 1. The van der Waals surface area contributed by atoms with Crippen LogP contribution < -0.4 is 10.4 Å². The van der Waals surface area contributed by atoms with Crippen LogP contribution in [-0.2, 0) is 9.59 Å². The van der Waals surface area contributed by atoms with Crippen molar-refractivity contribution in [2.24, 2.45) is 0 Å². The van der Waals surface area contributed by atoms with Gasteiger partial charge in [-0.15, -0.1) is 0 Å². The molecule has 0 fully saturated rings. The lowest BCUT2D eigenvalue weighted by molar-refractivity contribution is -0.305. The van der Waals surface area contributed by atoms with E-state index >= 15 is 0 Å². The predicted molar refractivity (Wildman–Crippen MR) is 91.6 cm³/mol. The number of carboxylic acid groups (broad SMARTS) is 1. The topological polar surface area (TPSA) is 107 Å². The zero-order valence-electron chi connectivity index (χ0n) is 13.6. The second kappa shape index (κ2) is 7.13. The first-order valence-corrected chi connectivity index (χ1v) is 8.32. The third kappa shape index (κ3) is 3.25. The first-order chi connectivity index (χ1) is 12.4. The monoisotopic (exact) mass is 373 g/mol. The Morgan fingerprint density at radius 3 is 2.42 bits per heavy atom. The Morgan fingerprint density at radius 2 is 1.73 bits per heavy atom. The van der Waals surface area contributed by atoms with Gasteiger partial charge >= 0.3 is 0 Å². The molecule has 0 unspecified atom stereocenters. The van der Waals surface area contributed by atoms with E-state index < -0.39 is 23.7 Å². The molecule has 0 bridgehead atoms. The van der Waals surface area contributed by atoms with Crippen LogP contribution in [0.5, 0.6) is 0 Å². The van der Waals surface area contributed by atoms with Gasteiger partial charge in [-0.1, -0.05) is 23.7 Å². The standard InChI is InChI=1S/C18H15ClN2O5/c19-13-5-4-12-16-10(13)2-1-3-11(16)17(25)21(18(12)26)9-7-14(22)20-8-6-15(23)24/h1-5H,6-9H2,(H,20,22)(H,23,24)/p-1. The average molecular weight is 374 g/mol. The summed E-state index contributed by atoms with van der Waals surface area (Å²) in [5, 5.41) is 14.3. The number of halogens is 1. The van der Waals surface area contributed by atoms with Gasteiger partial charge in [-0.05, 0) is 18.2 Å². The summed E-state index contributed by atoms with van der Waals surface area (Å²) in [5.41, 5.74) is 0.717. The van der Waals surface area contributed by atoms with Crippen LogP contribution in [-0.4, -0.2) is 41.7 Å². The number of carboxylic acids is 1. The van der Waals surface area contributed by atoms with Gasteiger partial charge in [0.1, 0.15) is 0 Å². The van der Waals surface area contributed by atoms with Crippen LogP contribution in [0.25, 0.3) is 10.8 Å². The molecular weight excluding hydrogens is 360 g/mol. The number of amides is 3. The Labute approximate surface area is 153 Å². The minimum Gasteiger partial charge on any atom is -0.550 e. The molecule has 0 saturated carbocycles. The van der Waals surface area contributed by atoms with Gasteiger partial charge in [-0.25, -0.2) is 0 Å². The number of benzene rings is 2. The lowest BCUT2D eigenvalue weighted by Gasteiger charge is -2.27. The molecule has 0 aromatic heterocycles. The summed E-state index contributed by atoms with van der Waals surface area (Å²) in [6.07, 6.45) is -0.424. The Bertz CT molecular complexity index is 918. The van der Waals surface area contributed by atoms with E-state index in [1.807, 2.05) is 0 Å². The summed E-state index contributed by atoms with van der Waals surface area (Å²) in [4.78, 5) is 48.5. The van der Waals surface area contributed by atoms with Crippen LogP contribution in [0.4, 0.5) is 0 Å². The number of carbonyl (C=O) groups is 4. The molecule has 26 heavy (non-hydrogen) atoms. The fourth-order valence-electron chi connectivity index (χ4n) is 2.92. The van der Waals surface area contributed by atoms with Crippen molar-refractivity contribution in [2.45, 2.75) is 12.8 Å². The molecule has 3 rings (SSSR count). The van der Waals surface area contributed by atoms with E-state index in [-0.39, 0.29) is 25.9 Å². The molecule has 7 nitrogen and oxygen atoms in total. The fourth-order valence-corrected chi connectivity index (χ4v) is 3.14. The van der Waals surface area contributed by atoms with Crippen molar-refractivity contribution in [2.75, 3.05) is 13.1 Å². The number of hydrogen-bond acceptors (Lipinski definition) is 5. The normalized spacial score (nSPS) is 13.2. The largest absolute Gasteiger partial charge is 0.550 e. The Kier molecular flexibility index (Phi) is 4.90. The number of nitrogens with one attached hydrogen (secondary N) is 1. The van der Waals surface area contributed by atoms with Crippen LogP contribution in [0.1, 0.15) is 33.6 Å². The zero-order valence-corrected chi connectivity index (χ0v) is 14.3. The second-order valence-electron chi connectivity index (χ2n) is 5.81. The smallest absolute Gasteiger partial charge is 0.261 e. The SMILES string of the molecule is O=C([O-])CCNC(=O)CCN1C(=O)c2cccc3c(Cl)ccc(c23)C1=O. The van der Waals surface area contributed by atoms with Gasteiger partial charge in [0.15, 0.2) is 0 Å². The number of hydrogen-bond donors (Lipinski definition) is 1. The minimum absolute atomic E-state index is 0.0658. The molecule has 2 aromatic rings. The Hall–Kier alpha value is -2.93. The minimum atomic E-state index is -1.27. The lowest BCUT2D eigenvalue weighted by Crippen LogP contribution is -2.42. The number of rotatable bonds is 6. The molecule has 1 N–H and O–H groups in total. The molecule has 0 aliphatic carbocycles. The van der Waals surface area contributed by atoms with Crippen molar-refractivity contribution < 1.29 is 24.3 Å². The predicted octanol–water partition coefficient (Wildman–Crippen LogP) is 0.736. The molecule has 0 spiro atoms. The van der Waals surface area contributed by atoms with Crippen molar-refractivity contribution in [3.63, 3.8) is 0 Å².